The van der Waals surface area contributed by atoms with E-state index >= 15 is 0 Å². The van der Waals surface area contributed by atoms with Crippen LogP contribution in [0.15, 0.2) is 24.3 Å². The summed E-state index contributed by atoms with van der Waals surface area (Å²) in [5, 5.41) is 13.5. The number of aromatic nitrogens is 2. The fraction of sp³-hybridized carbons (Fsp3) is 0.421. The van der Waals surface area contributed by atoms with Crippen molar-refractivity contribution in [2.45, 2.75) is 45.3 Å². The van der Waals surface area contributed by atoms with Crippen LogP contribution in [0.5, 0.6) is 5.75 Å². The van der Waals surface area contributed by atoms with Gasteiger partial charge in [0, 0.05) is 5.56 Å². The molecule has 5 nitrogen and oxygen atoms in total. The van der Waals surface area contributed by atoms with Gasteiger partial charge in [0.25, 0.3) is 0 Å². The molecule has 0 saturated carbocycles. The van der Waals surface area contributed by atoms with Crippen LogP contribution >= 0.6 is 0 Å². The van der Waals surface area contributed by atoms with Crippen LogP contribution in [0.1, 0.15) is 43.3 Å². The van der Waals surface area contributed by atoms with Gasteiger partial charge in [0.1, 0.15) is 17.2 Å². The molecule has 1 aromatic carbocycles. The average molecular weight is 379 g/mol. The number of nitriles is 1. The van der Waals surface area contributed by atoms with Gasteiger partial charge in [-0.05, 0) is 38.5 Å². The van der Waals surface area contributed by atoms with Crippen molar-refractivity contribution < 1.29 is 22.7 Å². The minimum absolute atomic E-state index is 0.0186. The van der Waals surface area contributed by atoms with Crippen molar-refractivity contribution in [1.29, 1.82) is 5.26 Å². The Hall–Kier alpha value is -2.82. The molecule has 0 N–H and O–H groups in total. The van der Waals surface area contributed by atoms with Crippen molar-refractivity contribution in [3.05, 3.63) is 46.8 Å². The van der Waals surface area contributed by atoms with E-state index in [1.807, 2.05) is 6.07 Å². The third-order valence-corrected chi connectivity index (χ3v) is 4.11. The van der Waals surface area contributed by atoms with E-state index in [0.29, 0.717) is 11.3 Å². The summed E-state index contributed by atoms with van der Waals surface area (Å²) in [6, 6.07) is 8.46. The molecule has 1 aromatic heterocycles. The van der Waals surface area contributed by atoms with E-state index in [1.54, 1.807) is 24.3 Å². The fourth-order valence-corrected chi connectivity index (χ4v) is 2.89. The molecule has 27 heavy (non-hydrogen) atoms. The molecule has 0 amide bonds. The number of rotatable bonds is 6. The van der Waals surface area contributed by atoms with Crippen molar-refractivity contribution in [3.63, 3.8) is 0 Å². The van der Waals surface area contributed by atoms with E-state index in [4.69, 9.17) is 4.74 Å². The van der Waals surface area contributed by atoms with Gasteiger partial charge in [0.05, 0.1) is 37.3 Å². The van der Waals surface area contributed by atoms with Gasteiger partial charge in [-0.25, -0.2) is 0 Å². The Morgan fingerprint density at radius 3 is 2.30 bits per heavy atom. The molecule has 0 atom stereocenters. The molecular formula is C19H20F3N3O2. The fourth-order valence-electron chi connectivity index (χ4n) is 2.89. The first-order valence-corrected chi connectivity index (χ1v) is 8.20. The van der Waals surface area contributed by atoms with Crippen molar-refractivity contribution in [1.82, 2.24) is 9.78 Å². The maximum atomic E-state index is 13.9. The number of alkyl halides is 3. The SMILES string of the molecule is COc1ccc(Cn2nc(CC(C)=O)c(C(C)(C)C#N)c2C(F)(F)F)cc1. The maximum absolute atomic E-state index is 13.9. The summed E-state index contributed by atoms with van der Waals surface area (Å²) in [6.07, 6.45) is -4.99. The second kappa shape index (κ2) is 7.43. The second-order valence-electron chi connectivity index (χ2n) is 6.79. The molecule has 0 radical (unpaired) electrons. The highest BCUT2D eigenvalue weighted by Crippen LogP contribution is 2.40. The zero-order chi connectivity index (χ0) is 20.4. The van der Waals surface area contributed by atoms with Gasteiger partial charge < -0.3 is 4.74 Å². The molecule has 0 unspecified atom stereocenters. The lowest BCUT2D eigenvalue weighted by Gasteiger charge is -2.20. The monoisotopic (exact) mass is 379 g/mol. The van der Waals surface area contributed by atoms with Crippen LogP contribution in [0.3, 0.4) is 0 Å². The normalized spacial score (nSPS) is 11.9. The van der Waals surface area contributed by atoms with E-state index in [-0.39, 0.29) is 30.0 Å². The number of carbonyl (C=O) groups excluding carboxylic acids is 1. The number of Topliss-reactive ketones (excluding diaryl/α,β-unsaturated/α-hetero) is 1. The Morgan fingerprint density at radius 1 is 1.26 bits per heavy atom. The molecule has 0 fully saturated rings. The minimum Gasteiger partial charge on any atom is -0.497 e. The molecule has 2 rings (SSSR count). The summed E-state index contributed by atoms with van der Waals surface area (Å²) in [5.41, 5.74) is -2.13. The zero-order valence-corrected chi connectivity index (χ0v) is 15.5. The Morgan fingerprint density at radius 2 is 1.85 bits per heavy atom. The smallest absolute Gasteiger partial charge is 0.433 e. The van der Waals surface area contributed by atoms with Crippen molar-refractivity contribution in [2.75, 3.05) is 7.11 Å². The lowest BCUT2D eigenvalue weighted by atomic mass is 9.83. The van der Waals surface area contributed by atoms with Gasteiger partial charge in [0.15, 0.2) is 0 Å². The Bertz CT molecular complexity index is 875. The largest absolute Gasteiger partial charge is 0.497 e. The number of hydrogen-bond donors (Lipinski definition) is 0. The predicted molar refractivity (Wildman–Crippen MR) is 92.3 cm³/mol. The number of hydrogen-bond acceptors (Lipinski definition) is 4. The van der Waals surface area contributed by atoms with Crippen LogP contribution in [0, 0.1) is 11.3 Å². The molecule has 0 aliphatic heterocycles. The number of methoxy groups -OCH3 is 1. The lowest BCUT2D eigenvalue weighted by Crippen LogP contribution is -2.24. The van der Waals surface area contributed by atoms with E-state index in [0.717, 1.165) is 4.68 Å². The highest BCUT2D eigenvalue weighted by atomic mass is 19.4. The van der Waals surface area contributed by atoms with Crippen LogP contribution in [0.25, 0.3) is 0 Å². The van der Waals surface area contributed by atoms with Gasteiger partial charge in [0.2, 0.25) is 0 Å². The third-order valence-electron chi connectivity index (χ3n) is 4.11. The molecule has 0 saturated heterocycles. The summed E-state index contributed by atoms with van der Waals surface area (Å²) in [5.74, 6) is 0.256. The van der Waals surface area contributed by atoms with Crippen LogP contribution in [0.4, 0.5) is 13.2 Å². The van der Waals surface area contributed by atoms with E-state index in [2.05, 4.69) is 5.10 Å². The number of ketones is 1. The molecular weight excluding hydrogens is 359 g/mol. The number of carbonyl (C=O) groups is 1. The van der Waals surface area contributed by atoms with Crippen molar-refractivity contribution >= 4 is 5.78 Å². The molecule has 1 heterocycles. The third kappa shape index (κ3) is 4.48. The molecule has 144 valence electrons. The van der Waals surface area contributed by atoms with Crippen LogP contribution in [-0.4, -0.2) is 22.7 Å². The second-order valence-corrected chi connectivity index (χ2v) is 6.79. The number of ether oxygens (including phenoxy) is 1. The Balaban J connectivity index is 2.65. The quantitative estimate of drug-likeness (QED) is 0.764. The van der Waals surface area contributed by atoms with Crippen molar-refractivity contribution in [2.24, 2.45) is 0 Å². The zero-order valence-electron chi connectivity index (χ0n) is 15.5. The molecule has 8 heteroatoms. The van der Waals surface area contributed by atoms with E-state index in [9.17, 15) is 23.2 Å². The first-order valence-electron chi connectivity index (χ1n) is 8.20. The minimum atomic E-state index is -4.72. The molecule has 0 bridgehead atoms. The van der Waals surface area contributed by atoms with E-state index in [1.165, 1.54) is 27.9 Å². The number of nitrogens with zero attached hydrogens (tertiary/aromatic N) is 3. The Kier molecular flexibility index (Phi) is 5.64. The molecule has 2 aromatic rings. The molecule has 0 aliphatic rings. The maximum Gasteiger partial charge on any atom is 0.433 e. The predicted octanol–water partition coefficient (Wildman–Crippen LogP) is 3.89. The highest BCUT2D eigenvalue weighted by Gasteiger charge is 2.44. The van der Waals surface area contributed by atoms with Crippen LogP contribution < -0.4 is 4.74 Å². The lowest BCUT2D eigenvalue weighted by molar-refractivity contribution is -0.145. The summed E-state index contributed by atoms with van der Waals surface area (Å²) >= 11 is 0. The van der Waals surface area contributed by atoms with Crippen LogP contribution in [0.2, 0.25) is 0 Å². The molecule has 0 aliphatic carbocycles. The highest BCUT2D eigenvalue weighted by molar-refractivity contribution is 5.78. The summed E-state index contributed by atoms with van der Waals surface area (Å²) in [6.45, 7) is 3.91. The summed E-state index contributed by atoms with van der Waals surface area (Å²) < 4.78 is 47.5. The van der Waals surface area contributed by atoms with Gasteiger partial charge >= 0.3 is 6.18 Å². The Labute approximate surface area is 155 Å². The topological polar surface area (TPSA) is 67.9 Å². The average Bonchev–Trinajstić information content (AvgIpc) is 2.93. The van der Waals surface area contributed by atoms with Gasteiger partial charge in [-0.2, -0.15) is 23.5 Å². The number of benzene rings is 1. The van der Waals surface area contributed by atoms with Gasteiger partial charge in [-0.15, -0.1) is 0 Å². The first-order chi connectivity index (χ1) is 12.5. The first kappa shape index (κ1) is 20.5. The summed E-state index contributed by atoms with van der Waals surface area (Å²) in [4.78, 5) is 11.6. The van der Waals surface area contributed by atoms with Crippen LogP contribution in [-0.2, 0) is 29.4 Å². The molecule has 0 spiro atoms. The van der Waals surface area contributed by atoms with E-state index < -0.39 is 17.3 Å². The van der Waals surface area contributed by atoms with Gasteiger partial charge in [-0.3, -0.25) is 9.48 Å². The summed E-state index contributed by atoms with van der Waals surface area (Å²) in [7, 11) is 1.49. The standard InChI is InChI=1S/C19H20F3N3O2/c1-12(26)9-15-16(18(2,3)11-23)17(19(20,21)22)25(24-15)10-13-5-7-14(27-4)8-6-13/h5-8H,9-10H2,1-4H3. The van der Waals surface area contributed by atoms with Crippen molar-refractivity contribution in [3.8, 4) is 11.8 Å². The van der Waals surface area contributed by atoms with Gasteiger partial charge in [-0.1, -0.05) is 12.1 Å². The number of halogens is 3.